The molecule has 1 heterocycles. The Bertz CT molecular complexity index is 253. The van der Waals surface area contributed by atoms with E-state index in [2.05, 4.69) is 22.6 Å². The molecule has 0 amide bonds. The molecule has 0 spiro atoms. The van der Waals surface area contributed by atoms with E-state index >= 15 is 0 Å². The highest BCUT2D eigenvalue weighted by Gasteiger charge is 2.08. The molecule has 1 fully saturated rings. The number of hydrazine groups is 1. The minimum absolute atomic E-state index is 0. The molecule has 1 aliphatic heterocycles. The Labute approximate surface area is 111 Å². The van der Waals surface area contributed by atoms with Crippen LogP contribution in [0.15, 0.2) is 30.3 Å². The Hall–Kier alpha value is -0.100. The van der Waals surface area contributed by atoms with E-state index in [1.54, 1.807) is 0 Å². The van der Waals surface area contributed by atoms with Crippen LogP contribution in [0, 0.1) is 0 Å². The highest BCUT2D eigenvalue weighted by atomic mass is 79.9. The second-order valence-corrected chi connectivity index (χ2v) is 3.08. The molecule has 2 rings (SSSR count). The zero-order valence-corrected chi connectivity index (χ0v) is 11.8. The van der Waals surface area contributed by atoms with Gasteiger partial charge in [0.05, 0.1) is 13.2 Å². The third kappa shape index (κ3) is 4.97. The van der Waals surface area contributed by atoms with Crippen LogP contribution in [0.2, 0.25) is 0 Å². The predicted octanol–water partition coefficient (Wildman–Crippen LogP) is 2.50. The highest BCUT2D eigenvalue weighted by molar-refractivity contribution is 8.93. The second-order valence-electron chi connectivity index (χ2n) is 3.08. The van der Waals surface area contributed by atoms with Gasteiger partial charge in [-0.05, 0) is 12.1 Å². The Balaban J connectivity index is 0.000000980. The monoisotopic (exact) mass is 338 g/mol. The lowest BCUT2D eigenvalue weighted by atomic mass is 10.3. The van der Waals surface area contributed by atoms with E-state index in [-0.39, 0.29) is 34.0 Å². The number of para-hydroxylation sites is 1. The van der Waals surface area contributed by atoms with E-state index in [0.29, 0.717) is 0 Å². The lowest BCUT2D eigenvalue weighted by Crippen LogP contribution is -2.40. The summed E-state index contributed by atoms with van der Waals surface area (Å²) in [6.45, 7) is 3.55. The molecule has 1 N–H and O–H groups in total. The van der Waals surface area contributed by atoms with Gasteiger partial charge in [0.15, 0.2) is 0 Å². The summed E-state index contributed by atoms with van der Waals surface area (Å²) in [5.74, 6) is 0. The maximum atomic E-state index is 5.26. The van der Waals surface area contributed by atoms with Crippen molar-refractivity contribution in [3.05, 3.63) is 30.3 Å². The van der Waals surface area contributed by atoms with Crippen molar-refractivity contribution in [3.63, 3.8) is 0 Å². The molecule has 0 radical (unpaired) electrons. The number of anilines is 1. The number of rotatable bonds is 2. The number of benzene rings is 1. The topological polar surface area (TPSA) is 24.5 Å². The van der Waals surface area contributed by atoms with Crippen LogP contribution >= 0.6 is 34.0 Å². The van der Waals surface area contributed by atoms with Gasteiger partial charge < -0.3 is 10.2 Å². The number of nitrogens with one attached hydrogen (secondary N) is 1. The van der Waals surface area contributed by atoms with Gasteiger partial charge in [0.2, 0.25) is 0 Å². The minimum atomic E-state index is 0. The lowest BCUT2D eigenvalue weighted by Gasteiger charge is -2.27. The standard InChI is InChI=1S/C10H14N2O.2BrH/c1-2-4-10(5-3-1)11-12-6-8-13-9-7-12;;/h1-5,11H,6-9H2;2*1H. The molecular formula is C10H16Br2N2O. The van der Waals surface area contributed by atoms with E-state index in [1.165, 1.54) is 0 Å². The first-order chi connectivity index (χ1) is 6.45. The first-order valence-corrected chi connectivity index (χ1v) is 4.59. The van der Waals surface area contributed by atoms with Crippen molar-refractivity contribution >= 4 is 39.7 Å². The first-order valence-electron chi connectivity index (χ1n) is 4.59. The second kappa shape index (κ2) is 8.10. The van der Waals surface area contributed by atoms with Gasteiger partial charge in [-0.25, -0.2) is 5.01 Å². The van der Waals surface area contributed by atoms with Gasteiger partial charge in [-0.3, -0.25) is 0 Å². The fraction of sp³-hybridized carbons (Fsp3) is 0.400. The third-order valence-corrected chi connectivity index (χ3v) is 2.07. The molecule has 86 valence electrons. The lowest BCUT2D eigenvalue weighted by molar-refractivity contribution is 0.0497. The summed E-state index contributed by atoms with van der Waals surface area (Å²) in [4.78, 5) is 0. The van der Waals surface area contributed by atoms with Crippen LogP contribution in [-0.2, 0) is 4.74 Å². The van der Waals surface area contributed by atoms with Gasteiger partial charge in [-0.2, -0.15) is 0 Å². The molecule has 5 heteroatoms. The van der Waals surface area contributed by atoms with Crippen LogP contribution in [-0.4, -0.2) is 31.3 Å². The zero-order chi connectivity index (χ0) is 8.93. The maximum absolute atomic E-state index is 5.26. The normalized spacial score (nSPS) is 16.0. The SMILES string of the molecule is Br.Br.c1ccc(NN2CCOCC2)cc1. The van der Waals surface area contributed by atoms with Crippen molar-refractivity contribution in [1.29, 1.82) is 0 Å². The number of hydrogen-bond acceptors (Lipinski definition) is 3. The van der Waals surface area contributed by atoms with Crippen LogP contribution in [0.3, 0.4) is 0 Å². The van der Waals surface area contributed by atoms with Crippen molar-refractivity contribution < 1.29 is 4.74 Å². The summed E-state index contributed by atoms with van der Waals surface area (Å²) < 4.78 is 5.26. The maximum Gasteiger partial charge on any atom is 0.0612 e. The van der Waals surface area contributed by atoms with Crippen molar-refractivity contribution in [2.75, 3.05) is 31.7 Å². The molecular weight excluding hydrogens is 324 g/mol. The van der Waals surface area contributed by atoms with Crippen LogP contribution in [0.4, 0.5) is 5.69 Å². The summed E-state index contributed by atoms with van der Waals surface area (Å²) in [5, 5.41) is 2.18. The first kappa shape index (κ1) is 14.9. The summed E-state index contributed by atoms with van der Waals surface area (Å²) in [7, 11) is 0. The van der Waals surface area contributed by atoms with E-state index in [0.717, 1.165) is 32.0 Å². The molecule has 15 heavy (non-hydrogen) atoms. The van der Waals surface area contributed by atoms with Gasteiger partial charge in [0.25, 0.3) is 0 Å². The van der Waals surface area contributed by atoms with Crippen molar-refractivity contribution in [3.8, 4) is 0 Å². The molecule has 3 nitrogen and oxygen atoms in total. The molecule has 0 saturated carbocycles. The Kier molecular flexibility index (Phi) is 8.04. The zero-order valence-electron chi connectivity index (χ0n) is 8.39. The molecule has 0 aromatic heterocycles. The van der Waals surface area contributed by atoms with Gasteiger partial charge >= 0.3 is 0 Å². The van der Waals surface area contributed by atoms with Crippen molar-refractivity contribution in [1.82, 2.24) is 5.01 Å². The van der Waals surface area contributed by atoms with E-state index in [4.69, 9.17) is 4.74 Å². The molecule has 0 aliphatic carbocycles. The largest absolute Gasteiger partial charge is 0.379 e. The molecule has 1 aromatic carbocycles. The summed E-state index contributed by atoms with van der Waals surface area (Å²) in [5.41, 5.74) is 4.48. The highest BCUT2D eigenvalue weighted by Crippen LogP contribution is 2.07. The fourth-order valence-electron chi connectivity index (χ4n) is 1.37. The Morgan fingerprint density at radius 3 is 2.20 bits per heavy atom. The summed E-state index contributed by atoms with van der Waals surface area (Å²) in [6.07, 6.45) is 0. The quantitative estimate of drug-likeness (QED) is 0.896. The number of hydrogen-bond donors (Lipinski definition) is 1. The average Bonchev–Trinajstić information content (AvgIpc) is 2.21. The van der Waals surface area contributed by atoms with Crippen LogP contribution < -0.4 is 5.43 Å². The van der Waals surface area contributed by atoms with Crippen LogP contribution in [0.25, 0.3) is 0 Å². The fourth-order valence-corrected chi connectivity index (χ4v) is 1.37. The van der Waals surface area contributed by atoms with Crippen molar-refractivity contribution in [2.45, 2.75) is 0 Å². The van der Waals surface area contributed by atoms with E-state index in [1.807, 2.05) is 18.2 Å². The number of nitrogens with zero attached hydrogens (tertiary/aromatic N) is 1. The van der Waals surface area contributed by atoms with Gasteiger partial charge in [0.1, 0.15) is 0 Å². The van der Waals surface area contributed by atoms with Crippen molar-refractivity contribution in [2.24, 2.45) is 0 Å². The minimum Gasteiger partial charge on any atom is -0.379 e. The Morgan fingerprint density at radius 1 is 1.00 bits per heavy atom. The molecule has 0 unspecified atom stereocenters. The average molecular weight is 340 g/mol. The molecule has 0 atom stereocenters. The number of halogens is 2. The predicted molar refractivity (Wildman–Crippen MR) is 73.1 cm³/mol. The summed E-state index contributed by atoms with van der Waals surface area (Å²) in [6, 6.07) is 10.2. The molecule has 0 bridgehead atoms. The third-order valence-electron chi connectivity index (χ3n) is 2.07. The van der Waals surface area contributed by atoms with Gasteiger partial charge in [-0.15, -0.1) is 34.0 Å². The van der Waals surface area contributed by atoms with Gasteiger partial charge in [0, 0.05) is 18.8 Å². The number of morpholine rings is 1. The molecule has 1 aliphatic rings. The van der Waals surface area contributed by atoms with Crippen LogP contribution in [0.5, 0.6) is 0 Å². The smallest absolute Gasteiger partial charge is 0.0612 e. The van der Waals surface area contributed by atoms with E-state index < -0.39 is 0 Å². The van der Waals surface area contributed by atoms with Gasteiger partial charge in [-0.1, -0.05) is 18.2 Å². The summed E-state index contributed by atoms with van der Waals surface area (Å²) >= 11 is 0. The van der Waals surface area contributed by atoms with E-state index in [9.17, 15) is 0 Å². The molecule has 1 aromatic rings. The molecule has 1 saturated heterocycles. The van der Waals surface area contributed by atoms with Crippen LogP contribution in [0.1, 0.15) is 0 Å². The Morgan fingerprint density at radius 2 is 1.60 bits per heavy atom. The number of ether oxygens (including phenoxy) is 1.